The van der Waals surface area contributed by atoms with Gasteiger partial charge in [-0.3, -0.25) is 0 Å². The second kappa shape index (κ2) is 6.92. The Kier molecular flexibility index (Phi) is 5.23. The van der Waals surface area contributed by atoms with Crippen LogP contribution in [0.15, 0.2) is 12.1 Å². The molecule has 0 spiro atoms. The minimum Gasteiger partial charge on any atom is -0.496 e. The molecule has 2 rings (SSSR count). The molecule has 106 valence electrons. The molecule has 0 bridgehead atoms. The lowest BCUT2D eigenvalue weighted by atomic mass is 10.0. The van der Waals surface area contributed by atoms with Crippen molar-refractivity contribution in [3.63, 3.8) is 0 Å². The molecule has 1 saturated heterocycles. The Balaban J connectivity index is 1.91. The Morgan fingerprint density at radius 3 is 2.84 bits per heavy atom. The first-order valence-electron chi connectivity index (χ1n) is 7.29. The molecule has 1 heterocycles. The van der Waals surface area contributed by atoms with Crippen LogP contribution >= 0.6 is 0 Å². The molecule has 1 atom stereocenters. The Hall–Kier alpha value is -1.06. The zero-order valence-corrected chi connectivity index (χ0v) is 12.4. The summed E-state index contributed by atoms with van der Waals surface area (Å²) in [6.45, 7) is 7.35. The van der Waals surface area contributed by atoms with Crippen LogP contribution in [0.1, 0.15) is 36.0 Å². The number of hydrogen-bond acceptors (Lipinski definition) is 3. The van der Waals surface area contributed by atoms with Crippen molar-refractivity contribution < 1.29 is 4.74 Å². The van der Waals surface area contributed by atoms with Crippen LogP contribution in [0.3, 0.4) is 0 Å². The van der Waals surface area contributed by atoms with E-state index in [1.54, 1.807) is 7.11 Å². The number of nitrogens with one attached hydrogen (secondary N) is 2. The average molecular weight is 262 g/mol. The van der Waals surface area contributed by atoms with E-state index in [9.17, 15) is 0 Å². The van der Waals surface area contributed by atoms with Crippen LogP contribution in [-0.2, 0) is 6.54 Å². The molecule has 0 radical (unpaired) electrons. The first-order chi connectivity index (χ1) is 9.20. The molecule has 0 saturated carbocycles. The zero-order valence-electron chi connectivity index (χ0n) is 12.4. The number of piperidine rings is 1. The van der Waals surface area contributed by atoms with E-state index >= 15 is 0 Å². The average Bonchev–Trinajstić information content (AvgIpc) is 2.42. The molecule has 1 unspecified atom stereocenters. The Bertz CT molecular complexity index is 411. The highest BCUT2D eigenvalue weighted by Crippen LogP contribution is 2.23. The van der Waals surface area contributed by atoms with E-state index in [2.05, 4.69) is 36.6 Å². The van der Waals surface area contributed by atoms with Crippen molar-refractivity contribution in [2.24, 2.45) is 0 Å². The van der Waals surface area contributed by atoms with Gasteiger partial charge in [0.05, 0.1) is 7.11 Å². The lowest BCUT2D eigenvalue weighted by Crippen LogP contribution is -2.41. The predicted octanol–water partition coefficient (Wildman–Crippen LogP) is 2.54. The molecule has 1 aromatic rings. The fourth-order valence-corrected chi connectivity index (χ4v) is 2.84. The normalized spacial score (nSPS) is 19.4. The van der Waals surface area contributed by atoms with Gasteiger partial charge in [0.25, 0.3) is 0 Å². The van der Waals surface area contributed by atoms with Crippen LogP contribution in [0.4, 0.5) is 0 Å². The topological polar surface area (TPSA) is 33.3 Å². The van der Waals surface area contributed by atoms with Gasteiger partial charge in [-0.1, -0.05) is 12.5 Å². The molecule has 3 nitrogen and oxygen atoms in total. The third-order valence-electron chi connectivity index (χ3n) is 3.90. The van der Waals surface area contributed by atoms with Gasteiger partial charge < -0.3 is 15.4 Å². The van der Waals surface area contributed by atoms with Crippen molar-refractivity contribution in [3.05, 3.63) is 28.8 Å². The van der Waals surface area contributed by atoms with Crippen molar-refractivity contribution in [1.29, 1.82) is 0 Å². The molecular formula is C16H26N2O. The number of benzene rings is 1. The predicted molar refractivity (Wildman–Crippen MR) is 79.8 cm³/mol. The van der Waals surface area contributed by atoms with E-state index < -0.39 is 0 Å². The number of ether oxygens (including phenoxy) is 1. The van der Waals surface area contributed by atoms with Gasteiger partial charge >= 0.3 is 0 Å². The van der Waals surface area contributed by atoms with Crippen molar-refractivity contribution in [2.45, 2.75) is 45.7 Å². The van der Waals surface area contributed by atoms with E-state index in [0.717, 1.165) is 18.8 Å². The zero-order chi connectivity index (χ0) is 13.7. The molecule has 3 heteroatoms. The van der Waals surface area contributed by atoms with Crippen LogP contribution in [-0.4, -0.2) is 26.2 Å². The van der Waals surface area contributed by atoms with Crippen LogP contribution in [0.5, 0.6) is 5.75 Å². The quantitative estimate of drug-likeness (QED) is 0.855. The van der Waals surface area contributed by atoms with Crippen LogP contribution in [0.2, 0.25) is 0 Å². The van der Waals surface area contributed by atoms with Gasteiger partial charge in [0.2, 0.25) is 0 Å². The number of aryl methyl sites for hydroxylation is 2. The third-order valence-corrected chi connectivity index (χ3v) is 3.90. The molecular weight excluding hydrogens is 236 g/mol. The maximum atomic E-state index is 5.49. The van der Waals surface area contributed by atoms with Gasteiger partial charge in [-0.2, -0.15) is 0 Å². The second-order valence-corrected chi connectivity index (χ2v) is 5.54. The maximum Gasteiger partial charge on any atom is 0.123 e. The maximum absolute atomic E-state index is 5.49. The Labute approximate surface area is 116 Å². The summed E-state index contributed by atoms with van der Waals surface area (Å²) in [7, 11) is 1.75. The van der Waals surface area contributed by atoms with Crippen LogP contribution in [0.25, 0.3) is 0 Å². The highest BCUT2D eigenvalue weighted by molar-refractivity contribution is 5.42. The number of methoxy groups -OCH3 is 1. The molecule has 1 aliphatic heterocycles. The lowest BCUT2D eigenvalue weighted by Gasteiger charge is -2.24. The first-order valence-corrected chi connectivity index (χ1v) is 7.29. The minimum atomic E-state index is 0.630. The van der Waals surface area contributed by atoms with Crippen molar-refractivity contribution in [1.82, 2.24) is 10.6 Å². The van der Waals surface area contributed by atoms with Gasteiger partial charge in [-0.05, 0) is 50.4 Å². The van der Waals surface area contributed by atoms with Crippen LogP contribution < -0.4 is 15.4 Å². The molecule has 0 aromatic heterocycles. The van der Waals surface area contributed by atoms with Gasteiger partial charge in [0.15, 0.2) is 0 Å². The van der Waals surface area contributed by atoms with Crippen LogP contribution in [0, 0.1) is 13.8 Å². The van der Waals surface area contributed by atoms with Gasteiger partial charge in [-0.25, -0.2) is 0 Å². The summed E-state index contributed by atoms with van der Waals surface area (Å²) in [5, 5.41) is 7.13. The number of rotatable bonds is 5. The highest BCUT2D eigenvalue weighted by Gasteiger charge is 2.13. The summed E-state index contributed by atoms with van der Waals surface area (Å²) in [5.74, 6) is 1.00. The summed E-state index contributed by atoms with van der Waals surface area (Å²) in [5.41, 5.74) is 3.84. The SMILES string of the molecule is COc1cc(C)cc(C)c1CNCC1CCCCN1. The van der Waals surface area contributed by atoms with Gasteiger partial charge in [0, 0.05) is 24.7 Å². The van der Waals surface area contributed by atoms with Gasteiger partial charge in [0.1, 0.15) is 5.75 Å². The Morgan fingerprint density at radius 1 is 1.32 bits per heavy atom. The smallest absolute Gasteiger partial charge is 0.123 e. The molecule has 1 aromatic carbocycles. The fourth-order valence-electron chi connectivity index (χ4n) is 2.84. The summed E-state index contributed by atoms with van der Waals surface area (Å²) in [6, 6.07) is 4.96. The van der Waals surface area contributed by atoms with E-state index in [0.29, 0.717) is 6.04 Å². The largest absolute Gasteiger partial charge is 0.496 e. The molecule has 1 fully saturated rings. The fraction of sp³-hybridized carbons (Fsp3) is 0.625. The van der Waals surface area contributed by atoms with Gasteiger partial charge in [-0.15, -0.1) is 0 Å². The molecule has 0 aliphatic carbocycles. The third kappa shape index (κ3) is 3.95. The standard InChI is InChI=1S/C16H26N2O/c1-12-8-13(2)15(16(9-12)19-3)11-17-10-14-6-4-5-7-18-14/h8-9,14,17-18H,4-7,10-11H2,1-3H3. The molecule has 2 N–H and O–H groups in total. The highest BCUT2D eigenvalue weighted by atomic mass is 16.5. The van der Waals surface area contributed by atoms with E-state index in [1.807, 2.05) is 0 Å². The first kappa shape index (κ1) is 14.4. The summed E-state index contributed by atoms with van der Waals surface area (Å²) >= 11 is 0. The minimum absolute atomic E-state index is 0.630. The summed E-state index contributed by atoms with van der Waals surface area (Å²) < 4.78 is 5.49. The second-order valence-electron chi connectivity index (χ2n) is 5.54. The Morgan fingerprint density at radius 2 is 2.16 bits per heavy atom. The summed E-state index contributed by atoms with van der Waals surface area (Å²) in [4.78, 5) is 0. The number of hydrogen-bond donors (Lipinski definition) is 2. The van der Waals surface area contributed by atoms with Crippen molar-refractivity contribution >= 4 is 0 Å². The lowest BCUT2D eigenvalue weighted by molar-refractivity contribution is 0.378. The van der Waals surface area contributed by atoms with Crippen molar-refractivity contribution in [3.8, 4) is 5.75 Å². The van der Waals surface area contributed by atoms with Crippen molar-refractivity contribution in [2.75, 3.05) is 20.2 Å². The molecule has 0 amide bonds. The summed E-state index contributed by atoms with van der Waals surface area (Å²) in [6.07, 6.45) is 3.96. The molecule has 19 heavy (non-hydrogen) atoms. The monoisotopic (exact) mass is 262 g/mol. The van der Waals surface area contributed by atoms with E-state index in [1.165, 1.54) is 42.5 Å². The van der Waals surface area contributed by atoms with E-state index in [-0.39, 0.29) is 0 Å². The van der Waals surface area contributed by atoms with E-state index in [4.69, 9.17) is 4.74 Å². The molecule has 1 aliphatic rings.